The molecule has 2 aromatic carbocycles. The first-order chi connectivity index (χ1) is 10.7. The third-order valence-corrected chi connectivity index (χ3v) is 3.65. The van der Waals surface area contributed by atoms with E-state index >= 15 is 0 Å². The van der Waals surface area contributed by atoms with Gasteiger partial charge in [-0.2, -0.15) is 0 Å². The van der Waals surface area contributed by atoms with Crippen molar-refractivity contribution in [2.75, 3.05) is 11.1 Å². The van der Waals surface area contributed by atoms with Gasteiger partial charge in [-0.1, -0.05) is 19.1 Å². The van der Waals surface area contributed by atoms with E-state index in [0.29, 0.717) is 12.1 Å². The van der Waals surface area contributed by atoms with Gasteiger partial charge in [-0.25, -0.2) is 4.79 Å². The molecule has 0 bridgehead atoms. The van der Waals surface area contributed by atoms with E-state index in [1.54, 1.807) is 6.07 Å². The Hall–Kier alpha value is -2.75. The summed E-state index contributed by atoms with van der Waals surface area (Å²) >= 11 is 0. The molecule has 4 heteroatoms. The number of aryl methyl sites for hydroxylation is 1. The van der Waals surface area contributed by atoms with Crippen LogP contribution < -0.4 is 16.7 Å². The van der Waals surface area contributed by atoms with Gasteiger partial charge in [0, 0.05) is 29.4 Å². The number of nitrogens with two attached hydrogens (primary N) is 1. The van der Waals surface area contributed by atoms with Crippen molar-refractivity contribution in [1.82, 2.24) is 0 Å². The van der Waals surface area contributed by atoms with Crippen LogP contribution in [0.25, 0.3) is 11.0 Å². The van der Waals surface area contributed by atoms with Crippen LogP contribution in [0.3, 0.4) is 0 Å². The van der Waals surface area contributed by atoms with Crippen molar-refractivity contribution in [3.63, 3.8) is 0 Å². The van der Waals surface area contributed by atoms with Gasteiger partial charge in [-0.3, -0.25) is 0 Å². The lowest BCUT2D eigenvalue weighted by atomic mass is 10.1. The van der Waals surface area contributed by atoms with E-state index in [1.165, 1.54) is 6.07 Å². The maximum atomic E-state index is 11.4. The molecule has 0 saturated heterocycles. The number of fused-ring (bicyclic) bond motifs is 1. The third-order valence-electron chi connectivity index (χ3n) is 3.65. The van der Waals surface area contributed by atoms with Gasteiger partial charge < -0.3 is 15.5 Å². The van der Waals surface area contributed by atoms with Gasteiger partial charge in [0.1, 0.15) is 5.58 Å². The highest BCUT2D eigenvalue weighted by atomic mass is 16.4. The summed E-state index contributed by atoms with van der Waals surface area (Å²) in [6, 6.07) is 15.1. The normalized spacial score (nSPS) is 10.8. The minimum absolute atomic E-state index is 0.315. The molecule has 0 amide bonds. The van der Waals surface area contributed by atoms with Crippen LogP contribution in [-0.4, -0.2) is 0 Å². The molecule has 3 rings (SSSR count). The highest BCUT2D eigenvalue weighted by Crippen LogP contribution is 2.24. The SMILES string of the molecule is CCc1cc(NCc2ccc(N)cc2)cc2ccc(=O)oc12. The van der Waals surface area contributed by atoms with Crippen LogP contribution in [0.4, 0.5) is 11.4 Å². The van der Waals surface area contributed by atoms with Crippen molar-refractivity contribution in [3.8, 4) is 0 Å². The van der Waals surface area contributed by atoms with Crippen LogP contribution in [0.2, 0.25) is 0 Å². The fraction of sp³-hybridized carbons (Fsp3) is 0.167. The molecule has 1 aromatic heterocycles. The minimum Gasteiger partial charge on any atom is -0.422 e. The van der Waals surface area contributed by atoms with Crippen LogP contribution in [-0.2, 0) is 13.0 Å². The van der Waals surface area contributed by atoms with Gasteiger partial charge >= 0.3 is 5.63 Å². The van der Waals surface area contributed by atoms with Crippen LogP contribution in [0.1, 0.15) is 18.1 Å². The highest BCUT2D eigenvalue weighted by molar-refractivity contribution is 5.83. The Balaban J connectivity index is 1.89. The van der Waals surface area contributed by atoms with Gasteiger partial charge in [0.05, 0.1) is 0 Å². The first-order valence-corrected chi connectivity index (χ1v) is 7.31. The molecule has 0 saturated carbocycles. The molecule has 0 aliphatic heterocycles. The summed E-state index contributed by atoms with van der Waals surface area (Å²) in [7, 11) is 0. The summed E-state index contributed by atoms with van der Waals surface area (Å²) in [6.45, 7) is 2.76. The first-order valence-electron chi connectivity index (χ1n) is 7.31. The van der Waals surface area contributed by atoms with Crippen molar-refractivity contribution in [2.45, 2.75) is 19.9 Å². The lowest BCUT2D eigenvalue weighted by molar-refractivity contribution is 0.557. The molecule has 4 nitrogen and oxygen atoms in total. The number of nitrogen functional groups attached to an aromatic ring is 1. The van der Waals surface area contributed by atoms with Crippen molar-refractivity contribution < 1.29 is 4.42 Å². The smallest absolute Gasteiger partial charge is 0.336 e. The Kier molecular flexibility index (Phi) is 3.83. The predicted octanol–water partition coefficient (Wildman–Crippen LogP) is 3.55. The van der Waals surface area contributed by atoms with Crippen molar-refractivity contribution in [3.05, 3.63) is 70.1 Å². The van der Waals surface area contributed by atoms with E-state index in [2.05, 4.69) is 5.32 Å². The van der Waals surface area contributed by atoms with E-state index in [-0.39, 0.29) is 5.63 Å². The van der Waals surface area contributed by atoms with Crippen LogP contribution in [0.15, 0.2) is 57.7 Å². The molecule has 0 radical (unpaired) electrons. The summed E-state index contributed by atoms with van der Waals surface area (Å²) in [6.07, 6.45) is 0.806. The fourth-order valence-electron chi connectivity index (χ4n) is 2.46. The van der Waals surface area contributed by atoms with E-state index < -0.39 is 0 Å². The number of nitrogens with one attached hydrogen (secondary N) is 1. The molecule has 3 N–H and O–H groups in total. The summed E-state index contributed by atoms with van der Waals surface area (Å²) in [5, 5.41) is 4.33. The second-order valence-corrected chi connectivity index (χ2v) is 5.26. The van der Waals surface area contributed by atoms with Crippen LogP contribution in [0, 0.1) is 0 Å². The Morgan fingerprint density at radius 2 is 1.86 bits per heavy atom. The standard InChI is InChI=1S/C18H18N2O2/c1-2-13-9-16(10-14-5-8-17(21)22-18(13)14)20-11-12-3-6-15(19)7-4-12/h3-10,20H,2,11,19H2,1H3. The highest BCUT2D eigenvalue weighted by Gasteiger charge is 2.06. The molecule has 112 valence electrons. The van der Waals surface area contributed by atoms with E-state index in [9.17, 15) is 4.79 Å². The monoisotopic (exact) mass is 294 g/mol. The largest absolute Gasteiger partial charge is 0.422 e. The lowest BCUT2D eigenvalue weighted by Crippen LogP contribution is -2.02. The summed E-state index contributed by atoms with van der Waals surface area (Å²) < 4.78 is 5.32. The molecule has 0 aliphatic rings. The minimum atomic E-state index is -0.315. The van der Waals surface area contributed by atoms with E-state index in [1.807, 2.05) is 43.3 Å². The number of hydrogen-bond donors (Lipinski definition) is 2. The molecular formula is C18H18N2O2. The molecule has 0 atom stereocenters. The number of benzene rings is 2. The average molecular weight is 294 g/mol. The quantitative estimate of drug-likeness (QED) is 0.570. The van der Waals surface area contributed by atoms with Gasteiger partial charge in [-0.05, 0) is 47.9 Å². The molecule has 0 unspecified atom stereocenters. The molecular weight excluding hydrogens is 276 g/mol. The predicted molar refractivity (Wildman–Crippen MR) is 90.0 cm³/mol. The zero-order chi connectivity index (χ0) is 15.5. The maximum absolute atomic E-state index is 11.4. The number of anilines is 2. The first kappa shape index (κ1) is 14.2. The Morgan fingerprint density at radius 1 is 1.09 bits per heavy atom. The van der Waals surface area contributed by atoms with Gasteiger partial charge in [-0.15, -0.1) is 0 Å². The molecule has 0 fully saturated rings. The van der Waals surface area contributed by atoms with Crippen LogP contribution in [0.5, 0.6) is 0 Å². The van der Waals surface area contributed by atoms with Crippen LogP contribution >= 0.6 is 0 Å². The maximum Gasteiger partial charge on any atom is 0.336 e. The average Bonchev–Trinajstić information content (AvgIpc) is 2.53. The van der Waals surface area contributed by atoms with Crippen molar-refractivity contribution in [2.24, 2.45) is 0 Å². The van der Waals surface area contributed by atoms with E-state index in [4.69, 9.17) is 10.2 Å². The Morgan fingerprint density at radius 3 is 2.59 bits per heavy atom. The van der Waals surface area contributed by atoms with Gasteiger partial charge in [0.25, 0.3) is 0 Å². The summed E-state index contributed by atoms with van der Waals surface area (Å²) in [4.78, 5) is 11.4. The second-order valence-electron chi connectivity index (χ2n) is 5.26. The molecule has 3 aromatic rings. The molecule has 0 aliphatic carbocycles. The number of hydrogen-bond acceptors (Lipinski definition) is 4. The van der Waals surface area contributed by atoms with Crippen molar-refractivity contribution in [1.29, 1.82) is 0 Å². The van der Waals surface area contributed by atoms with Gasteiger partial charge in [0.15, 0.2) is 0 Å². The lowest BCUT2D eigenvalue weighted by Gasteiger charge is -2.10. The molecule has 22 heavy (non-hydrogen) atoms. The molecule has 1 heterocycles. The Bertz CT molecular complexity index is 851. The summed E-state index contributed by atoms with van der Waals surface area (Å²) in [5.41, 5.74) is 10.0. The van der Waals surface area contributed by atoms with E-state index in [0.717, 1.165) is 34.3 Å². The second kappa shape index (κ2) is 5.93. The fourth-order valence-corrected chi connectivity index (χ4v) is 2.46. The molecule has 0 spiro atoms. The summed E-state index contributed by atoms with van der Waals surface area (Å²) in [5.74, 6) is 0. The zero-order valence-corrected chi connectivity index (χ0v) is 12.4. The topological polar surface area (TPSA) is 68.3 Å². The van der Waals surface area contributed by atoms with Gasteiger partial charge in [0.2, 0.25) is 0 Å². The number of rotatable bonds is 4. The third kappa shape index (κ3) is 2.96. The van der Waals surface area contributed by atoms with Crippen molar-refractivity contribution >= 4 is 22.3 Å². The Labute approximate surface area is 128 Å². The zero-order valence-electron chi connectivity index (χ0n) is 12.4.